The molecule has 0 spiro atoms. The molecule has 0 bridgehead atoms. The third-order valence-electron chi connectivity index (χ3n) is 4.61. The van der Waals surface area contributed by atoms with Gasteiger partial charge < -0.3 is 10.3 Å². The Morgan fingerprint density at radius 3 is 2.85 bits per heavy atom. The number of aromatic nitrogens is 2. The summed E-state index contributed by atoms with van der Waals surface area (Å²) in [5.74, 6) is 0. The van der Waals surface area contributed by atoms with Crippen LogP contribution in [0, 0.1) is 0 Å². The van der Waals surface area contributed by atoms with Gasteiger partial charge in [-0.3, -0.25) is 9.80 Å². The van der Waals surface area contributed by atoms with E-state index in [-0.39, 0.29) is 0 Å². The van der Waals surface area contributed by atoms with Crippen molar-refractivity contribution in [3.63, 3.8) is 0 Å². The van der Waals surface area contributed by atoms with Gasteiger partial charge in [0, 0.05) is 45.0 Å². The standard InChI is InChI=1S/C15H27N5/c16-5-9-19-11-14(17-13-19)10-18-8-4-15(12-18)20-6-2-1-3-7-20/h11,13,15H,1-10,12,16H2. The fraction of sp³-hybridized carbons (Fsp3) is 0.800. The van der Waals surface area contributed by atoms with Crippen LogP contribution in [-0.2, 0) is 13.1 Å². The van der Waals surface area contributed by atoms with Crippen LogP contribution in [0.3, 0.4) is 0 Å². The first-order valence-corrected chi connectivity index (χ1v) is 8.02. The number of nitrogens with two attached hydrogens (primary N) is 1. The van der Waals surface area contributed by atoms with Crippen molar-refractivity contribution >= 4 is 0 Å². The minimum absolute atomic E-state index is 0.677. The van der Waals surface area contributed by atoms with Gasteiger partial charge in [-0.25, -0.2) is 4.98 Å². The second kappa shape index (κ2) is 6.70. The van der Waals surface area contributed by atoms with Crippen LogP contribution in [0.4, 0.5) is 0 Å². The first-order valence-electron chi connectivity index (χ1n) is 8.02. The Morgan fingerprint density at radius 1 is 1.20 bits per heavy atom. The Hall–Kier alpha value is -0.910. The molecule has 0 aliphatic carbocycles. The summed E-state index contributed by atoms with van der Waals surface area (Å²) in [5, 5.41) is 0. The van der Waals surface area contributed by atoms with Gasteiger partial charge in [0.2, 0.25) is 0 Å². The van der Waals surface area contributed by atoms with Crippen molar-refractivity contribution in [2.24, 2.45) is 5.73 Å². The number of hydrogen-bond acceptors (Lipinski definition) is 4. The number of imidazole rings is 1. The minimum atomic E-state index is 0.677. The zero-order valence-corrected chi connectivity index (χ0v) is 12.4. The lowest BCUT2D eigenvalue weighted by Crippen LogP contribution is -2.40. The lowest BCUT2D eigenvalue weighted by atomic mass is 10.1. The van der Waals surface area contributed by atoms with Crippen molar-refractivity contribution in [3.05, 3.63) is 18.2 Å². The molecule has 20 heavy (non-hydrogen) atoms. The van der Waals surface area contributed by atoms with E-state index in [1.54, 1.807) is 0 Å². The van der Waals surface area contributed by atoms with Crippen LogP contribution in [0.25, 0.3) is 0 Å². The van der Waals surface area contributed by atoms with E-state index in [0.717, 1.165) is 19.1 Å². The van der Waals surface area contributed by atoms with E-state index in [1.807, 2.05) is 6.33 Å². The molecular formula is C15H27N5. The molecule has 1 unspecified atom stereocenters. The summed E-state index contributed by atoms with van der Waals surface area (Å²) in [7, 11) is 0. The van der Waals surface area contributed by atoms with Crippen LogP contribution in [0.1, 0.15) is 31.4 Å². The van der Waals surface area contributed by atoms with E-state index < -0.39 is 0 Å². The van der Waals surface area contributed by atoms with Crippen LogP contribution < -0.4 is 5.73 Å². The van der Waals surface area contributed by atoms with Gasteiger partial charge in [-0.1, -0.05) is 6.42 Å². The highest BCUT2D eigenvalue weighted by Gasteiger charge is 2.28. The zero-order chi connectivity index (χ0) is 13.8. The molecule has 2 N–H and O–H groups in total. The second-order valence-electron chi connectivity index (χ2n) is 6.17. The number of piperidine rings is 1. The average molecular weight is 277 g/mol. The van der Waals surface area contributed by atoms with Gasteiger partial charge in [0.15, 0.2) is 0 Å². The molecule has 1 atom stereocenters. The lowest BCUT2D eigenvalue weighted by Gasteiger charge is -2.32. The first kappa shape index (κ1) is 14.0. The largest absolute Gasteiger partial charge is 0.336 e. The van der Waals surface area contributed by atoms with Gasteiger partial charge in [-0.05, 0) is 32.4 Å². The molecule has 2 saturated heterocycles. The van der Waals surface area contributed by atoms with E-state index in [2.05, 4.69) is 25.5 Å². The summed E-state index contributed by atoms with van der Waals surface area (Å²) in [6.45, 7) is 7.57. The lowest BCUT2D eigenvalue weighted by molar-refractivity contribution is 0.161. The average Bonchev–Trinajstić information content (AvgIpc) is 3.11. The smallest absolute Gasteiger partial charge is 0.0950 e. The highest BCUT2D eigenvalue weighted by atomic mass is 15.3. The summed E-state index contributed by atoms with van der Waals surface area (Å²) in [6, 6.07) is 0.779. The maximum Gasteiger partial charge on any atom is 0.0950 e. The molecule has 1 aromatic heterocycles. The maximum absolute atomic E-state index is 5.57. The van der Waals surface area contributed by atoms with Gasteiger partial charge in [0.05, 0.1) is 12.0 Å². The minimum Gasteiger partial charge on any atom is -0.336 e. The highest BCUT2D eigenvalue weighted by Crippen LogP contribution is 2.21. The summed E-state index contributed by atoms with van der Waals surface area (Å²) in [6.07, 6.45) is 9.57. The molecule has 3 rings (SSSR count). The molecule has 2 aliphatic heterocycles. The molecule has 112 valence electrons. The van der Waals surface area contributed by atoms with E-state index in [9.17, 15) is 0 Å². The molecule has 1 aromatic rings. The fourth-order valence-corrected chi connectivity index (χ4v) is 3.53. The Morgan fingerprint density at radius 2 is 2.05 bits per heavy atom. The molecule has 0 aromatic carbocycles. The molecular weight excluding hydrogens is 250 g/mol. The molecule has 0 radical (unpaired) electrons. The zero-order valence-electron chi connectivity index (χ0n) is 12.4. The fourth-order valence-electron chi connectivity index (χ4n) is 3.53. The van der Waals surface area contributed by atoms with Gasteiger partial charge in [0.25, 0.3) is 0 Å². The monoisotopic (exact) mass is 277 g/mol. The predicted molar refractivity (Wildman–Crippen MR) is 80.4 cm³/mol. The second-order valence-corrected chi connectivity index (χ2v) is 6.17. The van der Waals surface area contributed by atoms with Crippen molar-refractivity contribution in [1.82, 2.24) is 19.4 Å². The van der Waals surface area contributed by atoms with Gasteiger partial charge in [0.1, 0.15) is 0 Å². The molecule has 0 saturated carbocycles. The molecule has 2 fully saturated rings. The van der Waals surface area contributed by atoms with E-state index in [1.165, 1.54) is 57.6 Å². The topological polar surface area (TPSA) is 50.3 Å². The van der Waals surface area contributed by atoms with Gasteiger partial charge in [-0.15, -0.1) is 0 Å². The molecule has 5 nitrogen and oxygen atoms in total. The van der Waals surface area contributed by atoms with Gasteiger partial charge >= 0.3 is 0 Å². The van der Waals surface area contributed by atoms with E-state index >= 15 is 0 Å². The molecule has 5 heteroatoms. The number of nitrogens with zero attached hydrogens (tertiary/aromatic N) is 4. The van der Waals surface area contributed by atoms with Gasteiger partial charge in [-0.2, -0.15) is 0 Å². The Balaban J connectivity index is 1.49. The van der Waals surface area contributed by atoms with Crippen LogP contribution in [0.5, 0.6) is 0 Å². The summed E-state index contributed by atoms with van der Waals surface area (Å²) < 4.78 is 2.09. The van der Waals surface area contributed by atoms with Crippen LogP contribution in [0.15, 0.2) is 12.5 Å². The van der Waals surface area contributed by atoms with Crippen molar-refractivity contribution in [3.8, 4) is 0 Å². The third-order valence-corrected chi connectivity index (χ3v) is 4.61. The van der Waals surface area contributed by atoms with Crippen LogP contribution >= 0.6 is 0 Å². The van der Waals surface area contributed by atoms with Crippen LogP contribution in [0.2, 0.25) is 0 Å². The third kappa shape index (κ3) is 3.40. The Bertz CT molecular complexity index is 410. The molecule has 0 amide bonds. The maximum atomic E-state index is 5.57. The normalized spacial score (nSPS) is 25.4. The SMILES string of the molecule is NCCn1cnc(CN2CCC(N3CCCCC3)C2)c1. The number of rotatable bonds is 5. The Kier molecular flexibility index (Phi) is 4.70. The summed E-state index contributed by atoms with van der Waals surface area (Å²) >= 11 is 0. The van der Waals surface area contributed by atoms with E-state index in [0.29, 0.717) is 6.54 Å². The number of likely N-dealkylation sites (tertiary alicyclic amines) is 2. The van der Waals surface area contributed by atoms with Crippen molar-refractivity contribution in [2.45, 2.75) is 44.8 Å². The van der Waals surface area contributed by atoms with Crippen LogP contribution in [-0.4, -0.2) is 58.1 Å². The van der Waals surface area contributed by atoms with Crippen molar-refractivity contribution in [2.75, 3.05) is 32.7 Å². The summed E-state index contributed by atoms with van der Waals surface area (Å²) in [4.78, 5) is 9.74. The van der Waals surface area contributed by atoms with E-state index in [4.69, 9.17) is 5.73 Å². The summed E-state index contributed by atoms with van der Waals surface area (Å²) in [5.41, 5.74) is 6.75. The molecule has 2 aliphatic rings. The van der Waals surface area contributed by atoms with Crippen molar-refractivity contribution in [1.29, 1.82) is 0 Å². The first-order chi connectivity index (χ1) is 9.85. The molecule has 3 heterocycles. The quantitative estimate of drug-likeness (QED) is 0.869. The predicted octanol–water partition coefficient (Wildman–Crippen LogP) is 0.902. The Labute approximate surface area is 121 Å². The number of hydrogen-bond donors (Lipinski definition) is 1. The highest BCUT2D eigenvalue weighted by molar-refractivity contribution is 4.98. The van der Waals surface area contributed by atoms with Crippen molar-refractivity contribution < 1.29 is 0 Å².